The Labute approximate surface area is 136 Å². The molecule has 1 heterocycles. The van der Waals surface area contributed by atoms with Crippen LogP contribution in [0.5, 0.6) is 0 Å². The van der Waals surface area contributed by atoms with Gasteiger partial charge in [-0.3, -0.25) is 4.79 Å². The van der Waals surface area contributed by atoms with E-state index >= 15 is 0 Å². The molecule has 3 N–H and O–H groups in total. The standard InChI is InChI=1S/C16H24N6O/c1-3-21(4-2)10-9-18-16(23)13-5-7-15(8-6-13)22-12-14(11-17)19-20-22/h5-8,12H,3-4,9-11,17H2,1-2H3,(H,18,23). The Morgan fingerprint density at radius 3 is 2.52 bits per heavy atom. The van der Waals surface area contributed by atoms with Gasteiger partial charge in [0.05, 0.1) is 17.6 Å². The molecule has 1 aromatic carbocycles. The first-order valence-corrected chi connectivity index (χ1v) is 7.90. The van der Waals surface area contributed by atoms with Gasteiger partial charge in [0.1, 0.15) is 0 Å². The molecule has 23 heavy (non-hydrogen) atoms. The molecule has 0 aliphatic heterocycles. The average molecular weight is 316 g/mol. The molecular formula is C16H24N6O. The molecule has 7 nitrogen and oxygen atoms in total. The van der Waals surface area contributed by atoms with Crippen molar-refractivity contribution in [3.63, 3.8) is 0 Å². The number of nitrogens with one attached hydrogen (secondary N) is 1. The van der Waals surface area contributed by atoms with E-state index in [0.717, 1.165) is 31.0 Å². The first-order valence-electron chi connectivity index (χ1n) is 7.90. The second kappa shape index (κ2) is 8.40. The number of rotatable bonds is 8. The van der Waals surface area contributed by atoms with Crippen LogP contribution < -0.4 is 11.1 Å². The molecule has 0 atom stereocenters. The lowest BCUT2D eigenvalue weighted by Gasteiger charge is -2.17. The lowest BCUT2D eigenvalue weighted by atomic mass is 10.2. The number of nitrogens with two attached hydrogens (primary N) is 1. The monoisotopic (exact) mass is 316 g/mol. The number of likely N-dealkylation sites (N-methyl/N-ethyl adjacent to an activating group) is 1. The molecule has 1 amide bonds. The number of amides is 1. The van der Waals surface area contributed by atoms with Crippen molar-refractivity contribution in [2.24, 2.45) is 5.73 Å². The van der Waals surface area contributed by atoms with Gasteiger partial charge in [0.25, 0.3) is 5.91 Å². The van der Waals surface area contributed by atoms with Gasteiger partial charge in [0.2, 0.25) is 0 Å². The van der Waals surface area contributed by atoms with Gasteiger partial charge in [-0.05, 0) is 37.4 Å². The highest BCUT2D eigenvalue weighted by atomic mass is 16.1. The third-order valence-electron chi connectivity index (χ3n) is 3.75. The number of benzene rings is 1. The van der Waals surface area contributed by atoms with Gasteiger partial charge in [-0.1, -0.05) is 19.1 Å². The molecule has 0 unspecified atom stereocenters. The summed E-state index contributed by atoms with van der Waals surface area (Å²) in [5.74, 6) is -0.0649. The Kier molecular flexibility index (Phi) is 6.25. The number of carbonyl (C=O) groups is 1. The van der Waals surface area contributed by atoms with Crippen molar-refractivity contribution in [2.75, 3.05) is 26.2 Å². The van der Waals surface area contributed by atoms with E-state index in [-0.39, 0.29) is 5.91 Å². The fourth-order valence-electron chi connectivity index (χ4n) is 2.25. The smallest absolute Gasteiger partial charge is 0.251 e. The maximum Gasteiger partial charge on any atom is 0.251 e. The summed E-state index contributed by atoms with van der Waals surface area (Å²) in [5.41, 5.74) is 7.72. The predicted octanol–water partition coefficient (Wildman–Crippen LogP) is 0.798. The van der Waals surface area contributed by atoms with E-state index in [1.54, 1.807) is 23.0 Å². The van der Waals surface area contributed by atoms with Gasteiger partial charge in [-0.25, -0.2) is 4.68 Å². The molecule has 2 rings (SSSR count). The van der Waals surface area contributed by atoms with Crippen LogP contribution in [-0.2, 0) is 6.54 Å². The quantitative estimate of drug-likeness (QED) is 0.752. The molecule has 0 spiro atoms. The SMILES string of the molecule is CCN(CC)CCNC(=O)c1ccc(-n2cc(CN)nn2)cc1. The molecule has 0 aliphatic rings. The van der Waals surface area contributed by atoms with Crippen molar-refractivity contribution in [3.8, 4) is 5.69 Å². The zero-order valence-electron chi connectivity index (χ0n) is 13.7. The van der Waals surface area contributed by atoms with Crippen molar-refractivity contribution in [1.29, 1.82) is 0 Å². The minimum absolute atomic E-state index is 0.0649. The molecule has 0 radical (unpaired) electrons. The number of nitrogens with zero attached hydrogens (tertiary/aromatic N) is 4. The van der Waals surface area contributed by atoms with Crippen LogP contribution in [0.2, 0.25) is 0 Å². The van der Waals surface area contributed by atoms with Crippen LogP contribution in [0.15, 0.2) is 30.5 Å². The lowest BCUT2D eigenvalue weighted by Crippen LogP contribution is -2.34. The van der Waals surface area contributed by atoms with Crippen molar-refractivity contribution in [3.05, 3.63) is 41.7 Å². The van der Waals surface area contributed by atoms with Crippen LogP contribution in [0.3, 0.4) is 0 Å². The zero-order valence-corrected chi connectivity index (χ0v) is 13.7. The summed E-state index contributed by atoms with van der Waals surface area (Å²) >= 11 is 0. The van der Waals surface area contributed by atoms with Gasteiger partial charge in [0.15, 0.2) is 0 Å². The molecule has 2 aromatic rings. The molecule has 0 bridgehead atoms. The molecule has 7 heteroatoms. The maximum absolute atomic E-state index is 12.1. The fraction of sp³-hybridized carbons (Fsp3) is 0.438. The van der Waals surface area contributed by atoms with E-state index in [2.05, 4.69) is 34.4 Å². The molecule has 124 valence electrons. The second-order valence-corrected chi connectivity index (χ2v) is 5.19. The summed E-state index contributed by atoms with van der Waals surface area (Å²) in [7, 11) is 0. The Bertz CT molecular complexity index is 618. The number of hydrogen-bond acceptors (Lipinski definition) is 5. The Balaban J connectivity index is 1.92. The number of aromatic nitrogens is 3. The predicted molar refractivity (Wildman–Crippen MR) is 89.4 cm³/mol. The third kappa shape index (κ3) is 4.61. The van der Waals surface area contributed by atoms with E-state index in [4.69, 9.17) is 5.73 Å². The highest BCUT2D eigenvalue weighted by molar-refractivity contribution is 5.94. The topological polar surface area (TPSA) is 89.1 Å². The number of hydrogen-bond donors (Lipinski definition) is 2. The Morgan fingerprint density at radius 1 is 1.26 bits per heavy atom. The van der Waals surface area contributed by atoms with Crippen LogP contribution in [0.4, 0.5) is 0 Å². The summed E-state index contributed by atoms with van der Waals surface area (Å²) in [5, 5.41) is 10.9. The van der Waals surface area contributed by atoms with Crippen molar-refractivity contribution < 1.29 is 4.79 Å². The van der Waals surface area contributed by atoms with E-state index in [9.17, 15) is 4.79 Å². The van der Waals surface area contributed by atoms with Crippen molar-refractivity contribution >= 4 is 5.91 Å². The van der Waals surface area contributed by atoms with E-state index < -0.39 is 0 Å². The maximum atomic E-state index is 12.1. The van der Waals surface area contributed by atoms with E-state index in [1.165, 1.54) is 0 Å². The van der Waals surface area contributed by atoms with Gasteiger partial charge >= 0.3 is 0 Å². The van der Waals surface area contributed by atoms with Gasteiger partial charge < -0.3 is 16.0 Å². The average Bonchev–Trinajstić information content (AvgIpc) is 3.08. The summed E-state index contributed by atoms with van der Waals surface area (Å²) in [6.45, 7) is 8.07. The minimum atomic E-state index is -0.0649. The van der Waals surface area contributed by atoms with Crippen LogP contribution >= 0.6 is 0 Å². The largest absolute Gasteiger partial charge is 0.351 e. The van der Waals surface area contributed by atoms with E-state index in [1.807, 2.05) is 12.1 Å². The highest BCUT2D eigenvalue weighted by Crippen LogP contribution is 2.09. The summed E-state index contributed by atoms with van der Waals surface area (Å²) < 4.78 is 1.64. The minimum Gasteiger partial charge on any atom is -0.351 e. The molecule has 0 aliphatic carbocycles. The third-order valence-corrected chi connectivity index (χ3v) is 3.75. The second-order valence-electron chi connectivity index (χ2n) is 5.19. The lowest BCUT2D eigenvalue weighted by molar-refractivity contribution is 0.0949. The number of carbonyl (C=O) groups excluding carboxylic acids is 1. The first-order chi connectivity index (χ1) is 11.2. The van der Waals surface area contributed by atoms with Crippen LogP contribution in [0.25, 0.3) is 5.69 Å². The van der Waals surface area contributed by atoms with Gasteiger partial charge in [0, 0.05) is 25.2 Å². The van der Waals surface area contributed by atoms with Crippen molar-refractivity contribution in [2.45, 2.75) is 20.4 Å². The molecule has 0 saturated carbocycles. The first kappa shape index (κ1) is 17.1. The zero-order chi connectivity index (χ0) is 16.7. The molecule has 1 aromatic heterocycles. The fourth-order valence-corrected chi connectivity index (χ4v) is 2.25. The van der Waals surface area contributed by atoms with Gasteiger partial charge in [-0.15, -0.1) is 5.10 Å². The molecular weight excluding hydrogens is 292 g/mol. The highest BCUT2D eigenvalue weighted by Gasteiger charge is 2.07. The van der Waals surface area contributed by atoms with Crippen LogP contribution in [0.1, 0.15) is 29.9 Å². The Hall–Kier alpha value is -2.25. The van der Waals surface area contributed by atoms with Crippen molar-refractivity contribution in [1.82, 2.24) is 25.2 Å². The Morgan fingerprint density at radius 2 is 1.96 bits per heavy atom. The van der Waals surface area contributed by atoms with Crippen LogP contribution in [0, 0.1) is 0 Å². The normalized spacial score (nSPS) is 11.0. The molecule has 0 fully saturated rings. The van der Waals surface area contributed by atoms with Crippen LogP contribution in [-0.4, -0.2) is 52.0 Å². The van der Waals surface area contributed by atoms with E-state index in [0.29, 0.717) is 18.7 Å². The summed E-state index contributed by atoms with van der Waals surface area (Å²) in [6, 6.07) is 7.25. The molecule has 0 saturated heterocycles. The summed E-state index contributed by atoms with van der Waals surface area (Å²) in [4.78, 5) is 14.4. The van der Waals surface area contributed by atoms with Gasteiger partial charge in [-0.2, -0.15) is 0 Å². The summed E-state index contributed by atoms with van der Waals surface area (Å²) in [6.07, 6.45) is 1.78.